The molecule has 2 aromatic rings. The van der Waals surface area contributed by atoms with Crippen LogP contribution in [0.2, 0.25) is 5.02 Å². The molecular weight excluding hydrogens is 414 g/mol. The van der Waals surface area contributed by atoms with Crippen LogP contribution in [0.4, 0.5) is 4.79 Å². The number of hydrogen-bond acceptors (Lipinski definition) is 3. The molecule has 1 aliphatic carbocycles. The summed E-state index contributed by atoms with van der Waals surface area (Å²) in [7, 11) is 0. The standard InChI is InChI=1S/C24H26ClN3O3/c1-15(17-8-7-16-5-3-4-6-18(16)13-17)26-21(29)14-28-22(30)24(2,27-23(28)31)19-9-11-20(25)12-10-19/h7-13,15H,3-6,14H2,1-2H3,(H,26,29)(H,27,31)/t15-,24+/m1/s1. The van der Waals surface area contributed by atoms with Crippen LogP contribution >= 0.6 is 11.6 Å². The van der Waals surface area contributed by atoms with Crippen molar-refractivity contribution in [2.75, 3.05) is 6.54 Å². The molecule has 0 saturated carbocycles. The molecule has 2 aromatic carbocycles. The minimum Gasteiger partial charge on any atom is -0.348 e. The van der Waals surface area contributed by atoms with Gasteiger partial charge in [-0.25, -0.2) is 4.79 Å². The Morgan fingerprint density at radius 3 is 2.52 bits per heavy atom. The highest BCUT2D eigenvalue weighted by Gasteiger charge is 2.49. The summed E-state index contributed by atoms with van der Waals surface area (Å²) in [5, 5.41) is 6.16. The van der Waals surface area contributed by atoms with Crippen LogP contribution in [-0.2, 0) is 28.0 Å². The smallest absolute Gasteiger partial charge is 0.325 e. The number of rotatable bonds is 5. The van der Waals surface area contributed by atoms with E-state index >= 15 is 0 Å². The highest BCUT2D eigenvalue weighted by atomic mass is 35.5. The van der Waals surface area contributed by atoms with Crippen LogP contribution in [-0.4, -0.2) is 29.3 Å². The Morgan fingerprint density at radius 2 is 1.81 bits per heavy atom. The molecule has 31 heavy (non-hydrogen) atoms. The first-order chi connectivity index (χ1) is 14.8. The van der Waals surface area contributed by atoms with E-state index in [4.69, 9.17) is 11.6 Å². The normalized spacial score (nSPS) is 21.5. The number of aryl methyl sites for hydroxylation is 2. The summed E-state index contributed by atoms with van der Waals surface area (Å²) < 4.78 is 0. The van der Waals surface area contributed by atoms with E-state index in [2.05, 4.69) is 22.8 Å². The van der Waals surface area contributed by atoms with Crippen LogP contribution in [0.1, 0.15) is 55.0 Å². The summed E-state index contributed by atoms with van der Waals surface area (Å²) in [6, 6.07) is 12.3. The second kappa shape index (κ2) is 8.35. The average Bonchev–Trinajstić information content (AvgIpc) is 2.97. The van der Waals surface area contributed by atoms with E-state index in [9.17, 15) is 14.4 Å². The summed E-state index contributed by atoms with van der Waals surface area (Å²) in [4.78, 5) is 39.1. The first kappa shape index (κ1) is 21.4. The van der Waals surface area contributed by atoms with Crippen LogP contribution in [0.3, 0.4) is 0 Å². The third-order valence-electron chi connectivity index (χ3n) is 6.25. The van der Waals surface area contributed by atoms with Gasteiger partial charge in [-0.15, -0.1) is 0 Å². The molecule has 1 saturated heterocycles. The minimum atomic E-state index is -1.23. The van der Waals surface area contributed by atoms with E-state index in [1.54, 1.807) is 31.2 Å². The molecule has 2 atom stereocenters. The van der Waals surface area contributed by atoms with Gasteiger partial charge in [0.15, 0.2) is 0 Å². The number of carbonyl (C=O) groups excluding carboxylic acids is 3. The maximum atomic E-state index is 13.0. The summed E-state index contributed by atoms with van der Waals surface area (Å²) in [6.45, 7) is 3.21. The third-order valence-corrected chi connectivity index (χ3v) is 6.50. The fourth-order valence-corrected chi connectivity index (χ4v) is 4.48. The van der Waals surface area contributed by atoms with Gasteiger partial charge in [0.25, 0.3) is 5.91 Å². The second-order valence-corrected chi connectivity index (χ2v) is 8.91. The third kappa shape index (κ3) is 4.17. The van der Waals surface area contributed by atoms with Crippen molar-refractivity contribution in [2.24, 2.45) is 0 Å². The van der Waals surface area contributed by atoms with E-state index in [1.807, 2.05) is 13.0 Å². The van der Waals surface area contributed by atoms with E-state index < -0.39 is 17.5 Å². The fourth-order valence-electron chi connectivity index (χ4n) is 4.36. The second-order valence-electron chi connectivity index (χ2n) is 8.48. The van der Waals surface area contributed by atoms with Gasteiger partial charge in [0.05, 0.1) is 6.04 Å². The van der Waals surface area contributed by atoms with Gasteiger partial charge in [0.2, 0.25) is 5.91 Å². The zero-order chi connectivity index (χ0) is 22.2. The topological polar surface area (TPSA) is 78.5 Å². The summed E-state index contributed by atoms with van der Waals surface area (Å²) in [6.07, 6.45) is 4.58. The van der Waals surface area contributed by atoms with Gasteiger partial charge < -0.3 is 10.6 Å². The van der Waals surface area contributed by atoms with Crippen LogP contribution in [0.15, 0.2) is 42.5 Å². The number of halogens is 1. The number of fused-ring (bicyclic) bond motifs is 1. The molecule has 6 nitrogen and oxygen atoms in total. The van der Waals surface area contributed by atoms with Crippen molar-refractivity contribution in [1.82, 2.24) is 15.5 Å². The number of nitrogens with one attached hydrogen (secondary N) is 2. The molecule has 0 unspecified atom stereocenters. The van der Waals surface area contributed by atoms with Crippen LogP contribution in [0, 0.1) is 0 Å². The zero-order valence-corrected chi connectivity index (χ0v) is 18.5. The van der Waals surface area contributed by atoms with Crippen molar-refractivity contribution >= 4 is 29.4 Å². The molecule has 1 aliphatic heterocycles. The van der Waals surface area contributed by atoms with Crippen molar-refractivity contribution in [2.45, 2.75) is 51.1 Å². The lowest BCUT2D eigenvalue weighted by molar-refractivity contribution is -0.135. The highest BCUT2D eigenvalue weighted by molar-refractivity contribution is 6.30. The number of amides is 4. The number of nitrogens with zero attached hydrogens (tertiary/aromatic N) is 1. The molecule has 0 aromatic heterocycles. The Morgan fingerprint density at radius 1 is 1.13 bits per heavy atom. The van der Waals surface area contributed by atoms with Gasteiger partial charge in [-0.05, 0) is 73.9 Å². The SMILES string of the molecule is C[C@@H](NC(=O)CN1C(=O)N[C@@](C)(c2ccc(Cl)cc2)C1=O)c1ccc2c(c1)CCCC2. The summed E-state index contributed by atoms with van der Waals surface area (Å²) in [5.41, 5.74) is 3.14. The number of hydrogen-bond donors (Lipinski definition) is 2. The van der Waals surface area contributed by atoms with Crippen molar-refractivity contribution in [3.8, 4) is 0 Å². The molecule has 1 fully saturated rings. The largest absolute Gasteiger partial charge is 0.348 e. The van der Waals surface area contributed by atoms with Crippen molar-refractivity contribution in [3.63, 3.8) is 0 Å². The minimum absolute atomic E-state index is 0.219. The van der Waals surface area contributed by atoms with Gasteiger partial charge in [0.1, 0.15) is 12.1 Å². The molecule has 2 aliphatic rings. The molecule has 0 radical (unpaired) electrons. The van der Waals surface area contributed by atoms with Crippen molar-refractivity contribution in [3.05, 3.63) is 69.7 Å². The molecule has 4 rings (SSSR count). The Balaban J connectivity index is 1.43. The molecule has 7 heteroatoms. The monoisotopic (exact) mass is 439 g/mol. The maximum absolute atomic E-state index is 13.0. The van der Waals surface area contributed by atoms with Crippen molar-refractivity contribution < 1.29 is 14.4 Å². The van der Waals surface area contributed by atoms with Gasteiger partial charge in [-0.2, -0.15) is 0 Å². The summed E-state index contributed by atoms with van der Waals surface area (Å²) >= 11 is 5.93. The molecule has 2 N–H and O–H groups in total. The van der Waals surface area contributed by atoms with Crippen molar-refractivity contribution in [1.29, 1.82) is 0 Å². The molecule has 4 amide bonds. The van der Waals surface area contributed by atoms with Crippen LogP contribution in [0.25, 0.3) is 0 Å². The lowest BCUT2D eigenvalue weighted by atomic mass is 9.89. The Kier molecular flexibility index (Phi) is 5.75. The molecule has 0 bridgehead atoms. The highest BCUT2D eigenvalue weighted by Crippen LogP contribution is 2.30. The van der Waals surface area contributed by atoms with Gasteiger partial charge in [0, 0.05) is 5.02 Å². The van der Waals surface area contributed by atoms with Gasteiger partial charge in [-0.1, -0.05) is 41.9 Å². The Labute approximate surface area is 187 Å². The van der Waals surface area contributed by atoms with E-state index in [1.165, 1.54) is 24.0 Å². The predicted octanol–water partition coefficient (Wildman–Crippen LogP) is 3.86. The molecule has 162 valence electrons. The number of carbonyl (C=O) groups is 3. The first-order valence-electron chi connectivity index (χ1n) is 10.6. The number of urea groups is 1. The molecular formula is C24H26ClN3O3. The predicted molar refractivity (Wildman–Crippen MR) is 119 cm³/mol. The lowest BCUT2D eigenvalue weighted by Crippen LogP contribution is -2.43. The zero-order valence-electron chi connectivity index (χ0n) is 17.7. The quantitative estimate of drug-likeness (QED) is 0.694. The number of benzene rings is 2. The average molecular weight is 440 g/mol. The fraction of sp³-hybridized carbons (Fsp3) is 0.375. The van der Waals surface area contributed by atoms with Crippen LogP contribution < -0.4 is 10.6 Å². The van der Waals surface area contributed by atoms with E-state index in [-0.39, 0.29) is 18.5 Å². The molecule has 1 heterocycles. The molecule has 0 spiro atoms. The van der Waals surface area contributed by atoms with Gasteiger partial charge >= 0.3 is 6.03 Å². The van der Waals surface area contributed by atoms with Gasteiger partial charge in [-0.3, -0.25) is 14.5 Å². The maximum Gasteiger partial charge on any atom is 0.325 e. The Hall–Kier alpha value is -2.86. The van der Waals surface area contributed by atoms with E-state index in [0.717, 1.165) is 23.3 Å². The van der Waals surface area contributed by atoms with Crippen LogP contribution in [0.5, 0.6) is 0 Å². The lowest BCUT2D eigenvalue weighted by Gasteiger charge is -2.23. The van der Waals surface area contributed by atoms with E-state index in [0.29, 0.717) is 10.6 Å². The Bertz CT molecular complexity index is 1040. The number of imide groups is 1. The first-order valence-corrected chi connectivity index (χ1v) is 11.0. The summed E-state index contributed by atoms with van der Waals surface area (Å²) in [5.74, 6) is -0.842.